The Morgan fingerprint density at radius 1 is 1.06 bits per heavy atom. The molecule has 0 aromatic heterocycles. The summed E-state index contributed by atoms with van der Waals surface area (Å²) in [6, 6.07) is 6.28. The van der Waals surface area contributed by atoms with Crippen LogP contribution in [0.15, 0.2) is 30.3 Å². The molecule has 11 heteroatoms. The fourth-order valence-corrected chi connectivity index (χ4v) is 5.31. The Labute approximate surface area is 203 Å². The molecule has 3 N–H and O–H groups in total. The third kappa shape index (κ3) is 4.16. The monoisotopic (exact) mass is 512 g/mol. The summed E-state index contributed by atoms with van der Waals surface area (Å²) >= 11 is 11.4. The maximum atomic E-state index is 13.7. The van der Waals surface area contributed by atoms with E-state index in [2.05, 4.69) is 10.6 Å². The molecule has 2 aromatic carbocycles. The normalized spacial score (nSPS) is 28.5. The van der Waals surface area contributed by atoms with Gasteiger partial charge in [0.25, 0.3) is 11.8 Å². The lowest BCUT2D eigenvalue weighted by atomic mass is 9.44. The van der Waals surface area contributed by atoms with Crippen LogP contribution in [0, 0.1) is 11.6 Å². The largest absolute Gasteiger partial charge is 0.484 e. The molecule has 3 aliphatic carbocycles. The summed E-state index contributed by atoms with van der Waals surface area (Å²) in [6.07, 6.45) is -0.363. The number of carbonyl (C=O) groups is 2. The summed E-state index contributed by atoms with van der Waals surface area (Å²) in [5, 5.41) is 16.0. The van der Waals surface area contributed by atoms with Gasteiger partial charge in [0.2, 0.25) is 0 Å². The van der Waals surface area contributed by atoms with E-state index in [9.17, 15) is 23.5 Å². The first-order valence-electron chi connectivity index (χ1n) is 10.6. The summed E-state index contributed by atoms with van der Waals surface area (Å²) in [6.45, 7) is -0.279. The first kappa shape index (κ1) is 23.1. The summed E-state index contributed by atoms with van der Waals surface area (Å²) < 4.78 is 38.1. The van der Waals surface area contributed by atoms with Crippen molar-refractivity contribution in [1.82, 2.24) is 10.6 Å². The standard InChI is InChI=1S/C23H20Cl2F2N2O5/c24-13-2-1-11(3-15(13)26)33-7-20(31)28-22-8-23(9-22,10-22)29-21(32)19-6-17(30)12-4-16(27)14(25)5-18(12)34-19/h1-5,17,19,30H,6-10H2,(H,28,31)(H,29,32)/t17-,19-,22?,23?/m1/s1. The van der Waals surface area contributed by atoms with Crippen LogP contribution >= 0.6 is 23.2 Å². The Bertz CT molecular complexity index is 1170. The molecule has 1 heterocycles. The van der Waals surface area contributed by atoms with Gasteiger partial charge in [0.15, 0.2) is 12.7 Å². The van der Waals surface area contributed by atoms with Crippen LogP contribution in [0.4, 0.5) is 8.78 Å². The first-order valence-corrected chi connectivity index (χ1v) is 11.4. The van der Waals surface area contributed by atoms with E-state index in [4.69, 9.17) is 32.7 Å². The van der Waals surface area contributed by atoms with E-state index in [-0.39, 0.29) is 46.0 Å². The maximum absolute atomic E-state index is 13.7. The number of hydrogen-bond acceptors (Lipinski definition) is 5. The quantitative estimate of drug-likeness (QED) is 0.550. The molecular formula is C23H20Cl2F2N2O5. The molecule has 2 atom stereocenters. The highest BCUT2D eigenvalue weighted by Gasteiger charge is 2.69. The van der Waals surface area contributed by atoms with Gasteiger partial charge < -0.3 is 25.2 Å². The first-order chi connectivity index (χ1) is 16.1. The Kier molecular flexibility index (Phi) is 5.61. The molecule has 6 rings (SSSR count). The van der Waals surface area contributed by atoms with Crippen molar-refractivity contribution in [1.29, 1.82) is 0 Å². The predicted octanol–water partition coefficient (Wildman–Crippen LogP) is 3.44. The number of nitrogens with one attached hydrogen (secondary N) is 2. The van der Waals surface area contributed by atoms with Gasteiger partial charge in [0.1, 0.15) is 23.1 Å². The van der Waals surface area contributed by atoms with E-state index in [1.54, 1.807) is 0 Å². The smallest absolute Gasteiger partial charge is 0.261 e. The number of hydrogen-bond donors (Lipinski definition) is 3. The van der Waals surface area contributed by atoms with Crippen LogP contribution in [0.3, 0.4) is 0 Å². The lowest BCUT2D eigenvalue weighted by Gasteiger charge is -2.70. The average Bonchev–Trinajstić information content (AvgIpc) is 2.73. The van der Waals surface area contributed by atoms with Crippen molar-refractivity contribution >= 4 is 35.0 Å². The van der Waals surface area contributed by atoms with Gasteiger partial charge in [-0.3, -0.25) is 9.59 Å². The molecule has 3 saturated carbocycles. The van der Waals surface area contributed by atoms with Crippen molar-refractivity contribution in [3.8, 4) is 11.5 Å². The molecule has 0 unspecified atom stereocenters. The van der Waals surface area contributed by atoms with Crippen molar-refractivity contribution in [2.24, 2.45) is 0 Å². The molecule has 2 amide bonds. The number of rotatable bonds is 6. The van der Waals surface area contributed by atoms with Gasteiger partial charge in [-0.1, -0.05) is 23.2 Å². The molecule has 34 heavy (non-hydrogen) atoms. The number of carbonyl (C=O) groups excluding carboxylic acids is 2. The average molecular weight is 513 g/mol. The van der Waals surface area contributed by atoms with E-state index >= 15 is 0 Å². The van der Waals surface area contributed by atoms with E-state index in [1.807, 2.05) is 0 Å². The number of ether oxygens (including phenoxy) is 2. The van der Waals surface area contributed by atoms with E-state index in [0.29, 0.717) is 19.3 Å². The van der Waals surface area contributed by atoms with Crippen molar-refractivity contribution in [3.05, 3.63) is 57.6 Å². The van der Waals surface area contributed by atoms with Crippen molar-refractivity contribution in [3.63, 3.8) is 0 Å². The maximum Gasteiger partial charge on any atom is 0.261 e. The van der Waals surface area contributed by atoms with Crippen LogP contribution in [-0.2, 0) is 9.59 Å². The van der Waals surface area contributed by atoms with E-state index < -0.39 is 40.8 Å². The van der Waals surface area contributed by atoms with Crippen LogP contribution in [0.25, 0.3) is 0 Å². The summed E-state index contributed by atoms with van der Waals surface area (Å²) in [4.78, 5) is 25.0. The second-order valence-electron chi connectivity index (χ2n) is 9.16. The third-order valence-electron chi connectivity index (χ3n) is 6.49. The SMILES string of the molecule is O=C(COc1ccc(Cl)c(F)c1)NC12CC(NC(=O)[C@H]3C[C@@H](O)c4cc(F)c(Cl)cc4O3)(C1)C2. The number of halogens is 4. The van der Waals surface area contributed by atoms with Crippen molar-refractivity contribution < 1.29 is 33.0 Å². The van der Waals surface area contributed by atoms with Gasteiger partial charge in [-0.25, -0.2) is 8.78 Å². The summed E-state index contributed by atoms with van der Waals surface area (Å²) in [5.74, 6) is -1.68. The number of fused-ring (bicyclic) bond motifs is 1. The Hall–Kier alpha value is -2.62. The van der Waals surface area contributed by atoms with Crippen LogP contribution in [0.1, 0.15) is 37.4 Å². The predicted molar refractivity (Wildman–Crippen MR) is 118 cm³/mol. The molecule has 4 aliphatic rings. The van der Waals surface area contributed by atoms with Gasteiger partial charge in [-0.2, -0.15) is 0 Å². The van der Waals surface area contributed by atoms with Crippen LogP contribution in [-0.4, -0.2) is 40.7 Å². The van der Waals surface area contributed by atoms with Gasteiger partial charge in [-0.15, -0.1) is 0 Å². The Balaban J connectivity index is 1.11. The van der Waals surface area contributed by atoms with Gasteiger partial charge >= 0.3 is 0 Å². The summed E-state index contributed by atoms with van der Waals surface area (Å²) in [7, 11) is 0. The second-order valence-corrected chi connectivity index (χ2v) is 9.97. The minimum atomic E-state index is -1.06. The molecule has 0 spiro atoms. The highest BCUT2D eigenvalue weighted by atomic mass is 35.5. The molecule has 180 valence electrons. The lowest BCUT2D eigenvalue weighted by molar-refractivity contribution is -0.155. The molecule has 0 saturated heterocycles. The highest BCUT2D eigenvalue weighted by molar-refractivity contribution is 6.31. The molecule has 2 aromatic rings. The number of benzene rings is 2. The zero-order chi connectivity index (χ0) is 24.3. The van der Waals surface area contributed by atoms with E-state index in [0.717, 1.165) is 12.1 Å². The van der Waals surface area contributed by atoms with Gasteiger partial charge in [0, 0.05) is 35.2 Å². The Morgan fingerprint density at radius 3 is 2.44 bits per heavy atom. The molecule has 1 aliphatic heterocycles. The third-order valence-corrected chi connectivity index (χ3v) is 7.09. The molecular weight excluding hydrogens is 493 g/mol. The molecule has 2 bridgehead atoms. The zero-order valence-electron chi connectivity index (χ0n) is 17.7. The molecule has 3 fully saturated rings. The van der Waals surface area contributed by atoms with Crippen LogP contribution in [0.5, 0.6) is 11.5 Å². The zero-order valence-corrected chi connectivity index (χ0v) is 19.2. The molecule has 0 radical (unpaired) electrons. The number of amides is 2. The van der Waals surface area contributed by atoms with Crippen molar-refractivity contribution in [2.75, 3.05) is 6.61 Å². The van der Waals surface area contributed by atoms with Crippen LogP contribution < -0.4 is 20.1 Å². The summed E-state index contributed by atoms with van der Waals surface area (Å²) in [5.41, 5.74) is -0.606. The lowest BCUT2D eigenvalue weighted by Crippen LogP contribution is -2.84. The van der Waals surface area contributed by atoms with E-state index in [1.165, 1.54) is 18.2 Å². The van der Waals surface area contributed by atoms with Gasteiger partial charge in [0.05, 0.1) is 16.1 Å². The van der Waals surface area contributed by atoms with Gasteiger partial charge in [-0.05, 0) is 37.5 Å². The minimum absolute atomic E-state index is 0.0134. The van der Waals surface area contributed by atoms with Crippen LogP contribution in [0.2, 0.25) is 10.0 Å². The minimum Gasteiger partial charge on any atom is -0.484 e. The second kappa shape index (κ2) is 8.25. The highest BCUT2D eigenvalue weighted by Crippen LogP contribution is 2.60. The fraction of sp³-hybridized carbons (Fsp3) is 0.391. The number of aliphatic hydroxyl groups is 1. The molecule has 7 nitrogen and oxygen atoms in total. The van der Waals surface area contributed by atoms with Crippen molar-refractivity contribution in [2.45, 2.75) is 49.0 Å². The number of aliphatic hydroxyl groups excluding tert-OH is 1. The topological polar surface area (TPSA) is 96.9 Å². The fourth-order valence-electron chi connectivity index (χ4n) is 5.04. The Morgan fingerprint density at radius 2 is 1.74 bits per heavy atom.